The fourth-order valence-electron chi connectivity index (χ4n) is 2.74. The maximum atomic E-state index is 12.5. The van der Waals surface area contributed by atoms with Crippen LogP contribution in [-0.2, 0) is 14.3 Å². The summed E-state index contributed by atoms with van der Waals surface area (Å²) in [6.07, 6.45) is 0.0840. The number of nitrogens with zero attached hydrogens (tertiary/aromatic N) is 1. The molecule has 1 aliphatic heterocycles. The molecule has 0 spiro atoms. The van der Waals surface area contributed by atoms with Crippen LogP contribution in [0.2, 0.25) is 0 Å². The second-order valence-electron chi connectivity index (χ2n) is 6.10. The van der Waals surface area contributed by atoms with E-state index in [1.54, 1.807) is 6.92 Å². The maximum absolute atomic E-state index is 12.5. The van der Waals surface area contributed by atoms with Crippen molar-refractivity contribution < 1.29 is 19.1 Å². The minimum absolute atomic E-state index is 0.0840. The van der Waals surface area contributed by atoms with Gasteiger partial charge in [0, 0.05) is 5.71 Å². The number of aliphatic imine (C=N–C) groups is 1. The normalized spacial score (nSPS) is 20.5. The number of benzene rings is 1. The summed E-state index contributed by atoms with van der Waals surface area (Å²) in [5.41, 5.74) is 2.35. The van der Waals surface area contributed by atoms with Crippen LogP contribution in [0.15, 0.2) is 29.3 Å². The molecule has 0 radical (unpaired) electrons. The maximum Gasteiger partial charge on any atom is 0.341 e. The van der Waals surface area contributed by atoms with E-state index in [2.05, 4.69) is 10.3 Å². The molecule has 0 bridgehead atoms. The number of hydrogen-bond acceptors (Lipinski definition) is 4. The Balaban J connectivity index is 2.16. The van der Waals surface area contributed by atoms with Gasteiger partial charge in [-0.25, -0.2) is 9.79 Å². The van der Waals surface area contributed by atoms with Crippen molar-refractivity contribution in [2.45, 2.75) is 39.8 Å². The molecule has 2 atom stereocenters. The first-order chi connectivity index (χ1) is 11.4. The number of urea groups is 1. The molecule has 2 unspecified atom stereocenters. The van der Waals surface area contributed by atoms with Crippen molar-refractivity contribution in [3.8, 4) is 0 Å². The summed E-state index contributed by atoms with van der Waals surface area (Å²) < 4.78 is 10.7. The van der Waals surface area contributed by atoms with E-state index in [0.29, 0.717) is 12.3 Å². The average Bonchev–Trinajstić information content (AvgIpc) is 2.51. The quantitative estimate of drug-likeness (QED) is 0.642. The Morgan fingerprint density at radius 1 is 1.25 bits per heavy atom. The highest BCUT2D eigenvalue weighted by Gasteiger charge is 2.38. The fourth-order valence-corrected chi connectivity index (χ4v) is 2.74. The van der Waals surface area contributed by atoms with Crippen molar-refractivity contribution in [3.05, 3.63) is 35.4 Å². The average molecular weight is 332 g/mol. The molecule has 1 aliphatic rings. The number of rotatable bonds is 6. The summed E-state index contributed by atoms with van der Waals surface area (Å²) in [7, 11) is 0. The van der Waals surface area contributed by atoms with Gasteiger partial charge < -0.3 is 14.8 Å². The Hall–Kier alpha value is -2.21. The highest BCUT2D eigenvalue weighted by molar-refractivity contribution is 6.08. The van der Waals surface area contributed by atoms with Crippen LogP contribution in [-0.4, -0.2) is 37.0 Å². The van der Waals surface area contributed by atoms with Crippen molar-refractivity contribution in [2.75, 3.05) is 13.2 Å². The van der Waals surface area contributed by atoms with Crippen LogP contribution in [0.3, 0.4) is 0 Å². The van der Waals surface area contributed by atoms with Gasteiger partial charge in [0.15, 0.2) is 0 Å². The monoisotopic (exact) mass is 332 g/mol. The Morgan fingerprint density at radius 2 is 1.96 bits per heavy atom. The summed E-state index contributed by atoms with van der Waals surface area (Å²) in [5.74, 6) is -1.04. The second kappa shape index (κ2) is 8.06. The van der Waals surface area contributed by atoms with Gasteiger partial charge in [-0.3, -0.25) is 4.79 Å². The van der Waals surface area contributed by atoms with Gasteiger partial charge in [0.25, 0.3) is 0 Å². The number of nitrogens with one attached hydrogen (secondary N) is 1. The number of hydrogen-bond donors (Lipinski definition) is 1. The van der Waals surface area contributed by atoms with Crippen LogP contribution in [0, 0.1) is 12.8 Å². The van der Waals surface area contributed by atoms with E-state index in [0.717, 1.165) is 11.1 Å². The van der Waals surface area contributed by atoms with Crippen LogP contribution in [0.1, 0.15) is 37.9 Å². The van der Waals surface area contributed by atoms with Crippen LogP contribution in [0.5, 0.6) is 0 Å². The number of carbonyl (C=O) groups is 2. The van der Waals surface area contributed by atoms with Gasteiger partial charge >= 0.3 is 12.0 Å². The van der Waals surface area contributed by atoms with E-state index in [9.17, 15) is 9.59 Å². The molecule has 24 heavy (non-hydrogen) atoms. The molecule has 1 aromatic carbocycles. The van der Waals surface area contributed by atoms with E-state index in [-0.39, 0.29) is 12.7 Å². The van der Waals surface area contributed by atoms with Crippen LogP contribution in [0.25, 0.3) is 0 Å². The Bertz CT molecular complexity index is 640. The highest BCUT2D eigenvalue weighted by atomic mass is 16.6. The molecular weight excluding hydrogens is 308 g/mol. The summed E-state index contributed by atoms with van der Waals surface area (Å²) in [4.78, 5) is 28.2. The number of amides is 2. The SMILES string of the molecule is CC1=NC(=O)NC(c2ccccc2C)C1C(=O)OCCOC(C)C. The molecule has 0 saturated carbocycles. The molecule has 0 aliphatic carbocycles. The molecule has 6 heteroatoms. The second-order valence-corrected chi connectivity index (χ2v) is 6.10. The summed E-state index contributed by atoms with van der Waals surface area (Å²) in [6.45, 7) is 7.98. The van der Waals surface area contributed by atoms with Gasteiger partial charge in [0.1, 0.15) is 12.5 Å². The van der Waals surface area contributed by atoms with Crippen molar-refractivity contribution in [2.24, 2.45) is 10.9 Å². The van der Waals surface area contributed by atoms with E-state index >= 15 is 0 Å². The predicted molar refractivity (Wildman–Crippen MR) is 91.1 cm³/mol. The van der Waals surface area contributed by atoms with Gasteiger partial charge in [-0.15, -0.1) is 0 Å². The lowest BCUT2D eigenvalue weighted by molar-refractivity contribution is -0.149. The van der Waals surface area contributed by atoms with E-state index in [1.165, 1.54) is 0 Å². The van der Waals surface area contributed by atoms with Crippen LogP contribution < -0.4 is 5.32 Å². The largest absolute Gasteiger partial charge is 0.463 e. The predicted octanol–water partition coefficient (Wildman–Crippen LogP) is 2.80. The topological polar surface area (TPSA) is 77.0 Å². The lowest BCUT2D eigenvalue weighted by atomic mass is 9.86. The lowest BCUT2D eigenvalue weighted by Gasteiger charge is -2.30. The zero-order valence-corrected chi connectivity index (χ0v) is 14.5. The molecule has 2 amide bonds. The minimum Gasteiger partial charge on any atom is -0.463 e. The third-order valence-electron chi connectivity index (χ3n) is 3.90. The van der Waals surface area contributed by atoms with Gasteiger partial charge in [0.05, 0.1) is 18.8 Å². The van der Waals surface area contributed by atoms with Crippen LogP contribution in [0.4, 0.5) is 4.79 Å². The Morgan fingerprint density at radius 3 is 2.62 bits per heavy atom. The summed E-state index contributed by atoms with van der Waals surface area (Å²) in [6, 6.07) is 6.74. The lowest BCUT2D eigenvalue weighted by Crippen LogP contribution is -2.44. The first kappa shape index (κ1) is 18.1. The van der Waals surface area contributed by atoms with E-state index in [1.807, 2.05) is 45.0 Å². The summed E-state index contributed by atoms with van der Waals surface area (Å²) >= 11 is 0. The molecule has 1 aromatic rings. The zero-order valence-electron chi connectivity index (χ0n) is 14.5. The van der Waals surface area contributed by atoms with E-state index in [4.69, 9.17) is 9.47 Å². The van der Waals surface area contributed by atoms with Crippen molar-refractivity contribution in [1.29, 1.82) is 0 Å². The molecular formula is C18H24N2O4. The first-order valence-electron chi connectivity index (χ1n) is 8.09. The summed E-state index contributed by atoms with van der Waals surface area (Å²) in [5, 5.41) is 2.79. The molecule has 0 fully saturated rings. The zero-order chi connectivity index (χ0) is 17.7. The highest BCUT2D eigenvalue weighted by Crippen LogP contribution is 2.29. The number of ether oxygens (including phenoxy) is 2. The van der Waals surface area contributed by atoms with Crippen molar-refractivity contribution in [1.82, 2.24) is 5.32 Å². The molecule has 1 heterocycles. The molecule has 2 rings (SSSR count). The van der Waals surface area contributed by atoms with Gasteiger partial charge in [-0.2, -0.15) is 0 Å². The molecule has 6 nitrogen and oxygen atoms in total. The fraction of sp³-hybridized carbons (Fsp3) is 0.500. The van der Waals surface area contributed by atoms with Gasteiger partial charge in [-0.1, -0.05) is 24.3 Å². The van der Waals surface area contributed by atoms with Gasteiger partial charge in [-0.05, 0) is 38.8 Å². The standard InChI is InChI=1S/C18H24N2O4/c1-11(2)23-9-10-24-17(21)15-13(4)19-18(22)20-16(15)14-8-6-5-7-12(14)3/h5-8,11,15-16H,9-10H2,1-4H3,(H,20,22). The van der Waals surface area contributed by atoms with Crippen molar-refractivity contribution >= 4 is 17.7 Å². The molecule has 0 saturated heterocycles. The molecule has 1 N–H and O–H groups in total. The first-order valence-corrected chi connectivity index (χ1v) is 8.09. The number of carbonyl (C=O) groups excluding carboxylic acids is 2. The third kappa shape index (κ3) is 4.41. The minimum atomic E-state index is -0.636. The van der Waals surface area contributed by atoms with Crippen LogP contribution >= 0.6 is 0 Å². The van der Waals surface area contributed by atoms with Crippen molar-refractivity contribution in [3.63, 3.8) is 0 Å². The molecule has 130 valence electrons. The third-order valence-corrected chi connectivity index (χ3v) is 3.90. The Kier molecular flexibility index (Phi) is 6.09. The number of aryl methyl sites for hydroxylation is 1. The Labute approximate surface area is 142 Å². The van der Waals surface area contributed by atoms with E-state index < -0.39 is 24.0 Å². The van der Waals surface area contributed by atoms with Gasteiger partial charge in [0.2, 0.25) is 0 Å². The number of esters is 1. The molecule has 0 aromatic heterocycles. The smallest absolute Gasteiger partial charge is 0.341 e.